The molecule has 1 aliphatic rings. The molecule has 1 saturated heterocycles. The summed E-state index contributed by atoms with van der Waals surface area (Å²) in [6, 6.07) is 1.44. The fourth-order valence-corrected chi connectivity index (χ4v) is 2.73. The fourth-order valence-electron chi connectivity index (χ4n) is 1.37. The third kappa shape index (κ3) is 2.05. The Bertz CT molecular complexity index is 331. The summed E-state index contributed by atoms with van der Waals surface area (Å²) in [6.45, 7) is 4.68. The van der Waals surface area contributed by atoms with E-state index in [9.17, 15) is 8.42 Å². The molecular formula is C8H15N3O2S. The van der Waals surface area contributed by atoms with Crippen LogP contribution >= 0.6 is 0 Å². The fraction of sp³-hybridized carbons (Fsp3) is 0.875. The molecule has 1 atom stereocenters. The van der Waals surface area contributed by atoms with E-state index in [1.54, 1.807) is 13.8 Å². The Labute approximate surface area is 84.8 Å². The zero-order valence-corrected chi connectivity index (χ0v) is 9.21. The Morgan fingerprint density at radius 2 is 2.21 bits per heavy atom. The van der Waals surface area contributed by atoms with Gasteiger partial charge in [-0.25, -0.2) is 8.42 Å². The summed E-state index contributed by atoms with van der Waals surface area (Å²) < 4.78 is 24.9. The molecule has 0 aliphatic carbocycles. The van der Waals surface area contributed by atoms with E-state index in [4.69, 9.17) is 5.26 Å². The minimum atomic E-state index is -3.29. The Morgan fingerprint density at radius 3 is 2.71 bits per heavy atom. The highest BCUT2D eigenvalue weighted by Crippen LogP contribution is 2.13. The maximum Gasteiger partial charge on any atom is 0.217 e. The van der Waals surface area contributed by atoms with Crippen LogP contribution in [0, 0.1) is 11.3 Å². The molecule has 0 aromatic heterocycles. The van der Waals surface area contributed by atoms with Crippen LogP contribution in [0.1, 0.15) is 13.8 Å². The summed E-state index contributed by atoms with van der Waals surface area (Å²) in [5, 5.41) is 11.3. The van der Waals surface area contributed by atoms with Crippen LogP contribution in [0.2, 0.25) is 0 Å². The second-order valence-electron chi connectivity index (χ2n) is 3.55. The van der Waals surface area contributed by atoms with Crippen molar-refractivity contribution in [3.05, 3.63) is 0 Å². The lowest BCUT2D eigenvalue weighted by Gasteiger charge is -2.32. The first-order chi connectivity index (χ1) is 6.50. The van der Waals surface area contributed by atoms with Crippen molar-refractivity contribution in [3.63, 3.8) is 0 Å². The van der Waals surface area contributed by atoms with Crippen LogP contribution in [-0.2, 0) is 10.0 Å². The molecule has 14 heavy (non-hydrogen) atoms. The minimum Gasteiger partial charge on any atom is -0.313 e. The van der Waals surface area contributed by atoms with Crippen molar-refractivity contribution in [1.29, 1.82) is 5.26 Å². The molecule has 1 rings (SSSR count). The Kier molecular flexibility index (Phi) is 3.48. The lowest BCUT2D eigenvalue weighted by molar-refractivity contribution is 0.309. The molecule has 5 nitrogen and oxygen atoms in total. The predicted octanol–water partition coefficient (Wildman–Crippen LogP) is -0.478. The van der Waals surface area contributed by atoms with Crippen molar-refractivity contribution in [3.8, 4) is 6.07 Å². The third-order valence-corrected chi connectivity index (χ3v) is 4.55. The first-order valence-electron chi connectivity index (χ1n) is 4.61. The normalized spacial score (nSPS) is 24.9. The minimum absolute atomic E-state index is 0.388. The molecule has 1 heterocycles. The van der Waals surface area contributed by atoms with E-state index in [1.165, 1.54) is 4.31 Å². The van der Waals surface area contributed by atoms with Crippen LogP contribution in [-0.4, -0.2) is 43.6 Å². The average molecular weight is 217 g/mol. The monoisotopic (exact) mass is 217 g/mol. The zero-order chi connectivity index (χ0) is 10.8. The quantitative estimate of drug-likeness (QED) is 0.678. The van der Waals surface area contributed by atoms with E-state index >= 15 is 0 Å². The number of piperazine rings is 1. The molecule has 0 amide bonds. The van der Waals surface area contributed by atoms with Gasteiger partial charge in [-0.3, -0.25) is 0 Å². The van der Waals surface area contributed by atoms with Crippen molar-refractivity contribution in [1.82, 2.24) is 9.62 Å². The van der Waals surface area contributed by atoms with Gasteiger partial charge in [-0.15, -0.1) is 0 Å². The number of hydrogen-bond donors (Lipinski definition) is 1. The lowest BCUT2D eigenvalue weighted by atomic mass is 10.3. The van der Waals surface area contributed by atoms with Gasteiger partial charge in [0.25, 0.3) is 0 Å². The van der Waals surface area contributed by atoms with Gasteiger partial charge in [-0.1, -0.05) is 0 Å². The van der Waals surface area contributed by atoms with Crippen molar-refractivity contribution >= 4 is 10.0 Å². The van der Waals surface area contributed by atoms with E-state index in [0.29, 0.717) is 19.6 Å². The van der Waals surface area contributed by atoms with E-state index in [2.05, 4.69) is 5.32 Å². The van der Waals surface area contributed by atoms with Gasteiger partial charge in [0.2, 0.25) is 10.0 Å². The van der Waals surface area contributed by atoms with Crippen LogP contribution in [0.3, 0.4) is 0 Å². The van der Waals surface area contributed by atoms with Gasteiger partial charge in [0, 0.05) is 19.6 Å². The topological polar surface area (TPSA) is 73.2 Å². The van der Waals surface area contributed by atoms with E-state index in [-0.39, 0.29) is 0 Å². The second kappa shape index (κ2) is 4.26. The molecule has 1 fully saturated rings. The largest absolute Gasteiger partial charge is 0.313 e. The SMILES string of the molecule is CC(C)S(=O)(=O)N1CCNCC1C#N. The molecule has 0 spiro atoms. The summed E-state index contributed by atoms with van der Waals surface area (Å²) in [7, 11) is -3.29. The summed E-state index contributed by atoms with van der Waals surface area (Å²) in [6.07, 6.45) is 0. The van der Waals surface area contributed by atoms with Crippen LogP contribution in [0.15, 0.2) is 0 Å². The first kappa shape index (κ1) is 11.4. The molecule has 6 heteroatoms. The molecule has 0 aromatic carbocycles. The van der Waals surface area contributed by atoms with Gasteiger partial charge in [0.15, 0.2) is 0 Å². The van der Waals surface area contributed by atoms with Crippen molar-refractivity contribution in [2.24, 2.45) is 0 Å². The third-order valence-electron chi connectivity index (χ3n) is 2.27. The number of nitrogens with zero attached hydrogens (tertiary/aromatic N) is 2. The smallest absolute Gasteiger partial charge is 0.217 e. The van der Waals surface area contributed by atoms with Gasteiger partial charge < -0.3 is 5.32 Å². The molecule has 1 aliphatic heterocycles. The average Bonchev–Trinajstić information content (AvgIpc) is 2.17. The number of hydrogen-bond acceptors (Lipinski definition) is 4. The summed E-state index contributed by atoms with van der Waals surface area (Å²) in [5.74, 6) is 0. The summed E-state index contributed by atoms with van der Waals surface area (Å²) in [4.78, 5) is 0. The van der Waals surface area contributed by atoms with Crippen LogP contribution < -0.4 is 5.32 Å². The molecule has 0 saturated carbocycles. The number of nitriles is 1. The molecule has 0 bridgehead atoms. The van der Waals surface area contributed by atoms with Gasteiger partial charge in [0.05, 0.1) is 11.3 Å². The van der Waals surface area contributed by atoms with E-state index in [1.807, 2.05) is 6.07 Å². The lowest BCUT2D eigenvalue weighted by Crippen LogP contribution is -2.54. The molecule has 1 unspecified atom stereocenters. The second-order valence-corrected chi connectivity index (χ2v) is 6.00. The van der Waals surface area contributed by atoms with Crippen molar-refractivity contribution in [2.45, 2.75) is 25.1 Å². The molecule has 80 valence electrons. The standard InChI is InChI=1S/C8H15N3O2S/c1-7(2)14(12,13)11-4-3-10-6-8(11)5-9/h7-8,10H,3-4,6H2,1-2H3. The summed E-state index contributed by atoms with van der Waals surface area (Å²) >= 11 is 0. The summed E-state index contributed by atoms with van der Waals surface area (Å²) in [5.41, 5.74) is 0. The predicted molar refractivity (Wildman–Crippen MR) is 53.0 cm³/mol. The highest BCUT2D eigenvalue weighted by atomic mass is 32.2. The van der Waals surface area contributed by atoms with Crippen LogP contribution in [0.5, 0.6) is 0 Å². The molecule has 1 N–H and O–H groups in total. The van der Waals surface area contributed by atoms with Gasteiger partial charge >= 0.3 is 0 Å². The highest BCUT2D eigenvalue weighted by Gasteiger charge is 2.33. The number of rotatable bonds is 2. The van der Waals surface area contributed by atoms with Gasteiger partial charge in [-0.05, 0) is 13.8 Å². The Hall–Kier alpha value is -0.640. The van der Waals surface area contributed by atoms with Crippen molar-refractivity contribution < 1.29 is 8.42 Å². The molecular weight excluding hydrogens is 202 g/mol. The zero-order valence-electron chi connectivity index (χ0n) is 8.40. The maximum atomic E-state index is 11.8. The Balaban J connectivity index is 2.90. The van der Waals surface area contributed by atoms with Crippen LogP contribution in [0.25, 0.3) is 0 Å². The maximum absolute atomic E-state index is 11.8. The first-order valence-corrected chi connectivity index (χ1v) is 6.11. The van der Waals surface area contributed by atoms with E-state index in [0.717, 1.165) is 0 Å². The van der Waals surface area contributed by atoms with Crippen molar-refractivity contribution in [2.75, 3.05) is 19.6 Å². The van der Waals surface area contributed by atoms with Gasteiger partial charge in [-0.2, -0.15) is 9.57 Å². The van der Waals surface area contributed by atoms with E-state index < -0.39 is 21.3 Å². The highest BCUT2D eigenvalue weighted by molar-refractivity contribution is 7.89. The Morgan fingerprint density at radius 1 is 1.57 bits per heavy atom. The number of nitrogens with one attached hydrogen (secondary N) is 1. The van der Waals surface area contributed by atoms with Crippen LogP contribution in [0.4, 0.5) is 0 Å². The molecule has 0 radical (unpaired) electrons. The number of sulfonamides is 1. The molecule has 0 aromatic rings. The van der Waals surface area contributed by atoms with Gasteiger partial charge in [0.1, 0.15) is 6.04 Å².